The van der Waals surface area contributed by atoms with Crippen LogP contribution in [-0.2, 0) is 0 Å². The van der Waals surface area contributed by atoms with Crippen LogP contribution in [0.15, 0.2) is 18.2 Å². The van der Waals surface area contributed by atoms with Gasteiger partial charge in [0.2, 0.25) is 0 Å². The summed E-state index contributed by atoms with van der Waals surface area (Å²) < 4.78 is 0. The first-order valence-corrected chi connectivity index (χ1v) is 6.41. The first-order valence-electron chi connectivity index (χ1n) is 6.41. The van der Waals surface area contributed by atoms with Crippen molar-refractivity contribution in [3.63, 3.8) is 0 Å². The molecule has 0 radical (unpaired) electrons. The lowest BCUT2D eigenvalue weighted by atomic mass is 9.95. The molecule has 1 amide bonds. The second-order valence-corrected chi connectivity index (χ2v) is 5.22. The molecule has 2 saturated heterocycles. The highest BCUT2D eigenvalue weighted by atomic mass is 16.1. The Hall–Kier alpha value is -1.62. The number of primary amides is 1. The summed E-state index contributed by atoms with van der Waals surface area (Å²) in [4.78, 5) is 17.8. The lowest BCUT2D eigenvalue weighted by Gasteiger charge is -2.25. The SMILES string of the molecule is CC1C2CNCC2CN1c1cccc(C(N)=O)n1. The molecule has 2 fully saturated rings. The van der Waals surface area contributed by atoms with E-state index in [1.165, 1.54) is 0 Å². The number of fused-ring (bicyclic) bond motifs is 1. The van der Waals surface area contributed by atoms with Crippen LogP contribution < -0.4 is 16.0 Å². The molecule has 3 atom stereocenters. The topological polar surface area (TPSA) is 71.2 Å². The van der Waals surface area contributed by atoms with Crippen molar-refractivity contribution in [3.8, 4) is 0 Å². The van der Waals surface area contributed by atoms with Gasteiger partial charge in [-0.1, -0.05) is 6.07 Å². The zero-order valence-electron chi connectivity index (χ0n) is 10.5. The summed E-state index contributed by atoms with van der Waals surface area (Å²) in [7, 11) is 0. The highest BCUT2D eigenvalue weighted by Gasteiger charge is 2.42. The van der Waals surface area contributed by atoms with Gasteiger partial charge in [0, 0.05) is 25.7 Å². The third-order valence-electron chi connectivity index (χ3n) is 4.22. The minimum atomic E-state index is -0.467. The summed E-state index contributed by atoms with van der Waals surface area (Å²) in [6.07, 6.45) is 0. The minimum Gasteiger partial charge on any atom is -0.364 e. The highest BCUT2D eigenvalue weighted by Crippen LogP contribution is 2.34. The van der Waals surface area contributed by atoms with Gasteiger partial charge in [0.05, 0.1) is 0 Å². The van der Waals surface area contributed by atoms with Crippen LogP contribution >= 0.6 is 0 Å². The van der Waals surface area contributed by atoms with Gasteiger partial charge in [-0.2, -0.15) is 0 Å². The zero-order valence-corrected chi connectivity index (χ0v) is 10.5. The summed E-state index contributed by atoms with van der Waals surface area (Å²) in [6.45, 7) is 5.41. The quantitative estimate of drug-likeness (QED) is 0.783. The number of aromatic nitrogens is 1. The Balaban J connectivity index is 1.87. The first kappa shape index (κ1) is 11.5. The predicted molar refractivity (Wildman–Crippen MR) is 69.4 cm³/mol. The van der Waals surface area contributed by atoms with Crippen molar-refractivity contribution in [2.45, 2.75) is 13.0 Å². The summed E-state index contributed by atoms with van der Waals surface area (Å²) in [6, 6.07) is 5.93. The lowest BCUT2D eigenvalue weighted by Crippen LogP contribution is -2.34. The van der Waals surface area contributed by atoms with Gasteiger partial charge in [0.25, 0.3) is 5.91 Å². The predicted octanol–water partition coefficient (Wildman–Crippen LogP) is 0.225. The number of nitrogens with one attached hydrogen (secondary N) is 1. The van der Waals surface area contributed by atoms with Gasteiger partial charge in [-0.15, -0.1) is 0 Å². The molecule has 96 valence electrons. The molecular formula is C13H18N4O. The molecule has 1 aromatic rings. The Kier molecular flexibility index (Phi) is 2.70. The summed E-state index contributed by atoms with van der Waals surface area (Å²) in [5.41, 5.74) is 5.62. The molecule has 1 aromatic heterocycles. The zero-order chi connectivity index (χ0) is 12.7. The molecule has 2 aliphatic heterocycles. The average molecular weight is 246 g/mol. The Bertz CT molecular complexity index is 476. The molecule has 3 N–H and O–H groups in total. The number of nitrogens with two attached hydrogens (primary N) is 1. The Morgan fingerprint density at radius 1 is 1.50 bits per heavy atom. The fourth-order valence-electron chi connectivity index (χ4n) is 3.19. The molecule has 3 heterocycles. The summed E-state index contributed by atoms with van der Waals surface area (Å²) in [5.74, 6) is 1.78. The molecule has 0 saturated carbocycles. The number of pyridine rings is 1. The number of rotatable bonds is 2. The number of amides is 1. The van der Waals surface area contributed by atoms with E-state index in [1.807, 2.05) is 12.1 Å². The van der Waals surface area contributed by atoms with Crippen LogP contribution in [0.2, 0.25) is 0 Å². The lowest BCUT2D eigenvalue weighted by molar-refractivity contribution is 0.0995. The fraction of sp³-hybridized carbons (Fsp3) is 0.538. The van der Waals surface area contributed by atoms with E-state index in [1.54, 1.807) is 6.07 Å². The van der Waals surface area contributed by atoms with Crippen molar-refractivity contribution in [3.05, 3.63) is 23.9 Å². The van der Waals surface area contributed by atoms with Crippen LogP contribution in [0.25, 0.3) is 0 Å². The molecule has 3 rings (SSSR count). The van der Waals surface area contributed by atoms with Crippen LogP contribution in [0.4, 0.5) is 5.82 Å². The van der Waals surface area contributed by atoms with Crippen LogP contribution in [-0.4, -0.2) is 36.6 Å². The molecule has 18 heavy (non-hydrogen) atoms. The van der Waals surface area contributed by atoms with Gasteiger partial charge < -0.3 is 16.0 Å². The normalized spacial score (nSPS) is 30.5. The van der Waals surface area contributed by atoms with E-state index in [2.05, 4.69) is 22.1 Å². The van der Waals surface area contributed by atoms with Crippen molar-refractivity contribution >= 4 is 11.7 Å². The molecule has 5 nitrogen and oxygen atoms in total. The maximum atomic E-state index is 11.2. The molecule has 3 unspecified atom stereocenters. The van der Waals surface area contributed by atoms with Gasteiger partial charge in [-0.3, -0.25) is 4.79 Å². The van der Waals surface area contributed by atoms with Gasteiger partial charge in [0.15, 0.2) is 0 Å². The van der Waals surface area contributed by atoms with Crippen molar-refractivity contribution < 1.29 is 4.79 Å². The molecular weight excluding hydrogens is 228 g/mol. The Morgan fingerprint density at radius 2 is 2.33 bits per heavy atom. The monoisotopic (exact) mass is 246 g/mol. The minimum absolute atomic E-state index is 0.342. The van der Waals surface area contributed by atoms with Crippen LogP contribution in [0.3, 0.4) is 0 Å². The van der Waals surface area contributed by atoms with E-state index in [4.69, 9.17) is 5.73 Å². The summed E-state index contributed by atoms with van der Waals surface area (Å²) >= 11 is 0. The Labute approximate surface area is 106 Å². The van der Waals surface area contributed by atoms with Crippen LogP contribution in [0.1, 0.15) is 17.4 Å². The third kappa shape index (κ3) is 1.75. The van der Waals surface area contributed by atoms with E-state index >= 15 is 0 Å². The molecule has 0 bridgehead atoms. The summed E-state index contributed by atoms with van der Waals surface area (Å²) in [5, 5.41) is 3.44. The van der Waals surface area contributed by atoms with Gasteiger partial charge in [-0.25, -0.2) is 4.98 Å². The number of hydrogen-bond donors (Lipinski definition) is 2. The largest absolute Gasteiger partial charge is 0.364 e. The van der Waals surface area contributed by atoms with E-state index < -0.39 is 5.91 Å². The number of carbonyl (C=O) groups is 1. The van der Waals surface area contributed by atoms with Crippen LogP contribution in [0.5, 0.6) is 0 Å². The van der Waals surface area contributed by atoms with Gasteiger partial charge in [0.1, 0.15) is 11.5 Å². The number of hydrogen-bond acceptors (Lipinski definition) is 4. The smallest absolute Gasteiger partial charge is 0.267 e. The average Bonchev–Trinajstić information content (AvgIpc) is 2.93. The molecule has 0 aliphatic carbocycles. The first-order chi connectivity index (χ1) is 8.66. The van der Waals surface area contributed by atoms with E-state index in [0.29, 0.717) is 23.6 Å². The van der Waals surface area contributed by atoms with Crippen molar-refractivity contribution in [2.24, 2.45) is 17.6 Å². The van der Waals surface area contributed by atoms with Crippen molar-refractivity contribution in [1.82, 2.24) is 10.3 Å². The molecule has 5 heteroatoms. The fourth-order valence-corrected chi connectivity index (χ4v) is 3.19. The Morgan fingerprint density at radius 3 is 3.06 bits per heavy atom. The standard InChI is InChI=1S/C13H18N4O/c1-8-10-6-15-5-9(10)7-17(8)12-4-2-3-11(16-12)13(14)18/h2-4,8-10,15H,5-7H2,1H3,(H2,14,18). The van der Waals surface area contributed by atoms with Crippen molar-refractivity contribution in [1.29, 1.82) is 0 Å². The molecule has 0 spiro atoms. The third-order valence-corrected chi connectivity index (χ3v) is 4.22. The van der Waals surface area contributed by atoms with Gasteiger partial charge in [-0.05, 0) is 30.9 Å². The molecule has 0 aromatic carbocycles. The second-order valence-electron chi connectivity index (χ2n) is 5.22. The highest BCUT2D eigenvalue weighted by molar-refractivity contribution is 5.91. The van der Waals surface area contributed by atoms with E-state index in [0.717, 1.165) is 25.5 Å². The van der Waals surface area contributed by atoms with E-state index in [-0.39, 0.29) is 0 Å². The number of carbonyl (C=O) groups excluding carboxylic acids is 1. The van der Waals surface area contributed by atoms with E-state index in [9.17, 15) is 4.79 Å². The van der Waals surface area contributed by atoms with Crippen molar-refractivity contribution in [2.75, 3.05) is 24.5 Å². The second kappa shape index (κ2) is 4.24. The van der Waals surface area contributed by atoms with Crippen LogP contribution in [0, 0.1) is 11.8 Å². The maximum absolute atomic E-state index is 11.2. The molecule has 2 aliphatic rings. The maximum Gasteiger partial charge on any atom is 0.267 e. The number of anilines is 1. The van der Waals surface area contributed by atoms with Gasteiger partial charge >= 0.3 is 0 Å². The number of nitrogens with zero attached hydrogens (tertiary/aromatic N) is 2.